The molecule has 0 spiro atoms. The first-order chi connectivity index (χ1) is 11.0. The molecule has 2 fully saturated rings. The Morgan fingerprint density at radius 1 is 1.30 bits per heavy atom. The molecular weight excluding hydrogens is 338 g/mol. The number of benzene rings is 1. The Kier molecular flexibility index (Phi) is 5.06. The predicted molar refractivity (Wildman–Crippen MR) is 87.7 cm³/mol. The van der Waals surface area contributed by atoms with Crippen LogP contribution < -0.4 is 0 Å². The van der Waals surface area contributed by atoms with Gasteiger partial charge in [0.15, 0.2) is 0 Å². The van der Waals surface area contributed by atoms with Crippen LogP contribution in [0.15, 0.2) is 24.3 Å². The Hall–Kier alpha value is -0.950. The second kappa shape index (κ2) is 6.89. The summed E-state index contributed by atoms with van der Waals surface area (Å²) in [7, 11) is -3.55. The summed E-state index contributed by atoms with van der Waals surface area (Å²) in [5.74, 6) is -0.237. The Balaban J connectivity index is 1.84. The summed E-state index contributed by atoms with van der Waals surface area (Å²) in [5, 5.41) is 0.442. The van der Waals surface area contributed by atoms with Crippen LogP contribution in [-0.4, -0.2) is 44.3 Å². The van der Waals surface area contributed by atoms with Crippen LogP contribution in [0.4, 0.5) is 0 Å². The van der Waals surface area contributed by atoms with E-state index in [0.717, 1.165) is 12.8 Å². The molecule has 2 aliphatic rings. The second-order valence-corrected chi connectivity index (χ2v) is 8.39. The Morgan fingerprint density at radius 3 is 2.78 bits per heavy atom. The van der Waals surface area contributed by atoms with E-state index in [1.807, 2.05) is 0 Å². The average Bonchev–Trinajstić information content (AvgIpc) is 2.95. The first-order valence-corrected chi connectivity index (χ1v) is 9.81. The molecule has 126 valence electrons. The number of halogens is 1. The van der Waals surface area contributed by atoms with E-state index in [1.165, 1.54) is 4.31 Å². The molecule has 0 aromatic heterocycles. The molecule has 0 radical (unpaired) electrons. The van der Waals surface area contributed by atoms with Crippen molar-refractivity contribution in [2.45, 2.75) is 31.1 Å². The molecule has 1 aliphatic carbocycles. The van der Waals surface area contributed by atoms with E-state index in [0.29, 0.717) is 30.2 Å². The highest BCUT2D eigenvalue weighted by Gasteiger charge is 2.42. The first kappa shape index (κ1) is 16.9. The van der Waals surface area contributed by atoms with Crippen molar-refractivity contribution in [3.8, 4) is 0 Å². The molecule has 1 heterocycles. The molecule has 3 rings (SSSR count). The number of ketones is 1. The number of Topliss-reactive ketones (excluding diaryl/α,β-unsaturated/α-hetero) is 1. The van der Waals surface area contributed by atoms with Crippen LogP contribution >= 0.6 is 11.6 Å². The van der Waals surface area contributed by atoms with Crippen molar-refractivity contribution in [1.82, 2.24) is 4.31 Å². The van der Waals surface area contributed by atoms with Crippen molar-refractivity contribution in [1.29, 1.82) is 0 Å². The number of hydrogen-bond acceptors (Lipinski definition) is 4. The molecular formula is C16H20ClNO4S. The molecule has 0 bridgehead atoms. The maximum atomic E-state index is 12.9. The summed E-state index contributed by atoms with van der Waals surface area (Å²) in [4.78, 5) is 12.1. The third-order valence-electron chi connectivity index (χ3n) is 4.58. The largest absolute Gasteiger partial charge is 0.378 e. The van der Waals surface area contributed by atoms with Crippen LogP contribution in [0.1, 0.15) is 24.8 Å². The summed E-state index contributed by atoms with van der Waals surface area (Å²) in [5.41, 5.74) is 0.581. The Labute approximate surface area is 141 Å². The predicted octanol–water partition coefficient (Wildman–Crippen LogP) is 2.24. The fourth-order valence-corrected chi connectivity index (χ4v) is 5.48. The molecule has 1 saturated heterocycles. The lowest BCUT2D eigenvalue weighted by Gasteiger charge is -2.37. The van der Waals surface area contributed by atoms with Gasteiger partial charge in [-0.3, -0.25) is 4.79 Å². The van der Waals surface area contributed by atoms with Gasteiger partial charge in [-0.05, 0) is 24.5 Å². The number of hydrogen-bond donors (Lipinski definition) is 0. The molecule has 0 amide bonds. The molecule has 2 unspecified atom stereocenters. The minimum Gasteiger partial charge on any atom is -0.378 e. The van der Waals surface area contributed by atoms with Crippen molar-refractivity contribution in [3.63, 3.8) is 0 Å². The first-order valence-electron chi connectivity index (χ1n) is 7.82. The number of morpholine rings is 1. The zero-order valence-corrected chi connectivity index (χ0v) is 14.4. The van der Waals surface area contributed by atoms with Gasteiger partial charge in [-0.1, -0.05) is 29.8 Å². The standard InChI is InChI=1S/C16H20ClNO4S/c17-14-6-2-1-4-12(14)11-23(20,21)18-8-9-22-10-15(18)13-5-3-7-16(13)19/h1-2,4,6,13,15H,3,5,7-11H2. The topological polar surface area (TPSA) is 63.7 Å². The van der Waals surface area contributed by atoms with Gasteiger partial charge in [0.25, 0.3) is 0 Å². The maximum Gasteiger partial charge on any atom is 0.218 e. The molecule has 1 aromatic carbocycles. The summed E-state index contributed by atoms with van der Waals surface area (Å²) >= 11 is 6.09. The average molecular weight is 358 g/mol. The fourth-order valence-electron chi connectivity index (χ4n) is 3.41. The van der Waals surface area contributed by atoms with E-state index >= 15 is 0 Å². The lowest BCUT2D eigenvalue weighted by molar-refractivity contribution is -0.123. The molecule has 1 aliphatic heterocycles. The van der Waals surface area contributed by atoms with Gasteiger partial charge in [0.2, 0.25) is 10.0 Å². The van der Waals surface area contributed by atoms with Gasteiger partial charge in [0, 0.05) is 23.9 Å². The lowest BCUT2D eigenvalue weighted by atomic mass is 9.97. The van der Waals surface area contributed by atoms with Gasteiger partial charge < -0.3 is 4.74 Å². The van der Waals surface area contributed by atoms with Crippen LogP contribution in [0.3, 0.4) is 0 Å². The van der Waals surface area contributed by atoms with Crippen LogP contribution in [0.5, 0.6) is 0 Å². The third kappa shape index (κ3) is 3.60. The lowest BCUT2D eigenvalue weighted by Crippen LogP contribution is -2.53. The van der Waals surface area contributed by atoms with Crippen LogP contribution in [0.25, 0.3) is 0 Å². The fraction of sp³-hybridized carbons (Fsp3) is 0.562. The third-order valence-corrected chi connectivity index (χ3v) is 6.80. The normalized spacial score (nSPS) is 26.6. The van der Waals surface area contributed by atoms with Crippen LogP contribution in [0, 0.1) is 5.92 Å². The van der Waals surface area contributed by atoms with E-state index in [9.17, 15) is 13.2 Å². The molecule has 7 heteroatoms. The zero-order chi connectivity index (χ0) is 16.4. The molecule has 5 nitrogen and oxygen atoms in total. The van der Waals surface area contributed by atoms with Crippen molar-refractivity contribution in [2.75, 3.05) is 19.8 Å². The highest BCUT2D eigenvalue weighted by atomic mass is 35.5. The smallest absolute Gasteiger partial charge is 0.218 e. The summed E-state index contributed by atoms with van der Waals surface area (Å²) in [6, 6.07) is 6.56. The molecule has 2 atom stereocenters. The van der Waals surface area contributed by atoms with Gasteiger partial charge in [0.1, 0.15) is 5.78 Å². The SMILES string of the molecule is O=C1CCCC1C1COCCN1S(=O)(=O)Cc1ccccc1Cl. The highest BCUT2D eigenvalue weighted by molar-refractivity contribution is 7.88. The Morgan fingerprint density at radius 2 is 2.09 bits per heavy atom. The number of carbonyl (C=O) groups excluding carboxylic acids is 1. The zero-order valence-electron chi connectivity index (χ0n) is 12.8. The van der Waals surface area contributed by atoms with E-state index in [4.69, 9.17) is 16.3 Å². The van der Waals surface area contributed by atoms with Crippen molar-refractivity contribution >= 4 is 27.4 Å². The van der Waals surface area contributed by atoms with Crippen molar-refractivity contribution < 1.29 is 17.9 Å². The molecule has 1 aromatic rings. The number of sulfonamides is 1. The number of carbonyl (C=O) groups is 1. The quantitative estimate of drug-likeness (QED) is 0.829. The molecule has 1 saturated carbocycles. The van der Waals surface area contributed by atoms with E-state index < -0.39 is 10.0 Å². The number of nitrogens with zero attached hydrogens (tertiary/aromatic N) is 1. The number of ether oxygens (including phenoxy) is 1. The van der Waals surface area contributed by atoms with Gasteiger partial charge >= 0.3 is 0 Å². The minimum absolute atomic E-state index is 0.149. The van der Waals surface area contributed by atoms with Gasteiger partial charge in [-0.25, -0.2) is 8.42 Å². The summed E-state index contributed by atoms with van der Waals surface area (Å²) < 4.78 is 32.7. The van der Waals surface area contributed by atoms with E-state index in [2.05, 4.69) is 0 Å². The van der Waals surface area contributed by atoms with E-state index in [1.54, 1.807) is 24.3 Å². The van der Waals surface area contributed by atoms with Gasteiger partial charge in [-0.2, -0.15) is 4.31 Å². The minimum atomic E-state index is -3.55. The Bertz CT molecular complexity index is 691. The van der Waals surface area contributed by atoms with Crippen LogP contribution in [0.2, 0.25) is 5.02 Å². The molecule has 23 heavy (non-hydrogen) atoms. The number of rotatable bonds is 4. The van der Waals surface area contributed by atoms with E-state index in [-0.39, 0.29) is 30.1 Å². The molecule has 0 N–H and O–H groups in total. The van der Waals surface area contributed by atoms with Gasteiger partial charge in [-0.15, -0.1) is 0 Å². The highest BCUT2D eigenvalue weighted by Crippen LogP contribution is 2.31. The van der Waals surface area contributed by atoms with Crippen LogP contribution in [-0.2, 0) is 25.3 Å². The summed E-state index contributed by atoms with van der Waals surface area (Å²) in [6.45, 7) is 0.943. The summed E-state index contributed by atoms with van der Waals surface area (Å²) in [6.07, 6.45) is 2.11. The monoisotopic (exact) mass is 357 g/mol. The van der Waals surface area contributed by atoms with Gasteiger partial charge in [0.05, 0.1) is 25.0 Å². The van der Waals surface area contributed by atoms with Crippen molar-refractivity contribution in [2.24, 2.45) is 5.92 Å². The maximum absolute atomic E-state index is 12.9. The van der Waals surface area contributed by atoms with Crippen molar-refractivity contribution in [3.05, 3.63) is 34.9 Å². The second-order valence-electron chi connectivity index (χ2n) is 6.07.